The fourth-order valence-corrected chi connectivity index (χ4v) is 3.54. The highest BCUT2D eigenvalue weighted by Gasteiger charge is 2.31. The van der Waals surface area contributed by atoms with Gasteiger partial charge in [0.15, 0.2) is 0 Å². The molecule has 3 N–H and O–H groups in total. The first-order chi connectivity index (χ1) is 13.9. The van der Waals surface area contributed by atoms with Crippen molar-refractivity contribution >= 4 is 17.9 Å². The molecule has 29 heavy (non-hydrogen) atoms. The number of benzene rings is 2. The predicted molar refractivity (Wildman–Crippen MR) is 105 cm³/mol. The van der Waals surface area contributed by atoms with E-state index in [0.29, 0.717) is 0 Å². The molecule has 0 saturated carbocycles. The fraction of sp³-hybridized carbons (Fsp3) is 0.227. The molecule has 2 atom stereocenters. The summed E-state index contributed by atoms with van der Waals surface area (Å²) < 4.78 is 5.47. The summed E-state index contributed by atoms with van der Waals surface area (Å²) in [5.74, 6) is -3.50. The predicted octanol–water partition coefficient (Wildman–Crippen LogP) is 2.41. The maximum atomic E-state index is 12.5. The zero-order chi connectivity index (χ0) is 21.0. The lowest BCUT2D eigenvalue weighted by atomic mass is 9.98. The molecule has 0 radical (unpaired) electrons. The number of carboxylic acid groups (broad SMARTS) is 2. The number of hydrogen-bond donors (Lipinski definition) is 3. The third kappa shape index (κ3) is 4.35. The Morgan fingerprint density at radius 1 is 1.03 bits per heavy atom. The van der Waals surface area contributed by atoms with Gasteiger partial charge in [0.05, 0.1) is 6.42 Å². The van der Waals surface area contributed by atoms with Crippen molar-refractivity contribution in [2.45, 2.75) is 24.4 Å². The summed E-state index contributed by atoms with van der Waals surface area (Å²) >= 11 is 0. The molecule has 0 spiro atoms. The average Bonchev–Trinajstić information content (AvgIpc) is 3.02. The highest BCUT2D eigenvalue weighted by molar-refractivity contribution is 5.83. The van der Waals surface area contributed by atoms with Crippen molar-refractivity contribution in [2.75, 3.05) is 6.61 Å². The lowest BCUT2D eigenvalue weighted by Gasteiger charge is -2.20. The van der Waals surface area contributed by atoms with Gasteiger partial charge in [0, 0.05) is 5.92 Å². The normalized spacial score (nSPS) is 14.3. The maximum Gasteiger partial charge on any atom is 0.327 e. The van der Waals surface area contributed by atoms with Crippen LogP contribution < -0.4 is 5.32 Å². The molecule has 3 rings (SSSR count). The molecule has 7 heteroatoms. The van der Waals surface area contributed by atoms with Crippen molar-refractivity contribution in [1.82, 2.24) is 5.32 Å². The average molecular weight is 395 g/mol. The third-order valence-electron chi connectivity index (χ3n) is 4.90. The van der Waals surface area contributed by atoms with Crippen LogP contribution in [0, 0.1) is 0 Å². The van der Waals surface area contributed by atoms with E-state index in [1.54, 1.807) is 0 Å². The van der Waals surface area contributed by atoms with Gasteiger partial charge < -0.3 is 14.9 Å². The van der Waals surface area contributed by atoms with Gasteiger partial charge in [0.2, 0.25) is 0 Å². The van der Waals surface area contributed by atoms with Crippen molar-refractivity contribution in [3.63, 3.8) is 0 Å². The first-order valence-electron chi connectivity index (χ1n) is 9.10. The molecule has 150 valence electrons. The van der Waals surface area contributed by atoms with E-state index in [1.165, 1.54) is 6.08 Å². The zero-order valence-electron chi connectivity index (χ0n) is 15.6. The minimum Gasteiger partial charge on any atom is -0.481 e. The summed E-state index contributed by atoms with van der Waals surface area (Å²) in [7, 11) is 0. The van der Waals surface area contributed by atoms with Crippen LogP contribution in [0.3, 0.4) is 0 Å². The van der Waals surface area contributed by atoms with E-state index in [2.05, 4.69) is 11.9 Å². The minimum atomic E-state index is -1.43. The Labute approximate surface area is 167 Å². The van der Waals surface area contributed by atoms with E-state index in [4.69, 9.17) is 14.9 Å². The highest BCUT2D eigenvalue weighted by Crippen LogP contribution is 2.44. The SMILES string of the molecule is C=CC(N[C@@H](CC(=O)O)C(=O)O)C(=O)OCC1c2ccccc2-c2ccccc21. The lowest BCUT2D eigenvalue weighted by molar-refractivity contribution is -0.149. The molecule has 1 unspecified atom stereocenters. The molecule has 1 aliphatic rings. The number of nitrogens with one attached hydrogen (secondary N) is 1. The highest BCUT2D eigenvalue weighted by atomic mass is 16.5. The van der Waals surface area contributed by atoms with E-state index in [-0.39, 0.29) is 12.5 Å². The van der Waals surface area contributed by atoms with Crippen LogP contribution >= 0.6 is 0 Å². The second-order valence-electron chi connectivity index (χ2n) is 6.73. The van der Waals surface area contributed by atoms with Gasteiger partial charge in [0.25, 0.3) is 0 Å². The smallest absolute Gasteiger partial charge is 0.327 e. The summed E-state index contributed by atoms with van der Waals surface area (Å²) in [5.41, 5.74) is 4.29. The molecular formula is C22H21NO6. The topological polar surface area (TPSA) is 113 Å². The molecule has 0 saturated heterocycles. The van der Waals surface area contributed by atoms with Crippen LogP contribution in [0.5, 0.6) is 0 Å². The Morgan fingerprint density at radius 2 is 1.59 bits per heavy atom. The summed E-state index contributed by atoms with van der Waals surface area (Å²) in [6.07, 6.45) is 0.535. The van der Waals surface area contributed by atoms with Gasteiger partial charge in [-0.25, -0.2) is 0 Å². The summed E-state index contributed by atoms with van der Waals surface area (Å²) in [5, 5.41) is 20.5. The fourth-order valence-electron chi connectivity index (χ4n) is 3.54. The van der Waals surface area contributed by atoms with Crippen molar-refractivity contribution in [3.8, 4) is 11.1 Å². The number of aliphatic carboxylic acids is 2. The Morgan fingerprint density at radius 3 is 2.07 bits per heavy atom. The summed E-state index contributed by atoms with van der Waals surface area (Å²) in [6, 6.07) is 13.2. The van der Waals surface area contributed by atoms with Crippen LogP contribution in [0.2, 0.25) is 0 Å². The van der Waals surface area contributed by atoms with E-state index >= 15 is 0 Å². The number of carboxylic acids is 2. The Balaban J connectivity index is 1.72. The van der Waals surface area contributed by atoms with E-state index < -0.39 is 36.4 Å². The standard InChI is InChI=1S/C22H21NO6/c1-2-18(23-19(21(26)27)11-20(24)25)22(28)29-12-17-15-9-5-3-7-13(15)14-8-4-6-10-16(14)17/h2-10,17-19,23H,1,11-12H2,(H,24,25)(H,26,27)/t18?,19-/m0/s1. The first-order valence-corrected chi connectivity index (χ1v) is 9.10. The molecule has 0 heterocycles. The molecule has 0 bridgehead atoms. The Hall–Kier alpha value is -3.45. The molecule has 1 aliphatic carbocycles. The van der Waals surface area contributed by atoms with Crippen molar-refractivity contribution in [1.29, 1.82) is 0 Å². The monoisotopic (exact) mass is 395 g/mol. The lowest BCUT2D eigenvalue weighted by Crippen LogP contribution is -2.47. The van der Waals surface area contributed by atoms with Gasteiger partial charge in [-0.1, -0.05) is 54.6 Å². The van der Waals surface area contributed by atoms with Gasteiger partial charge in [-0.05, 0) is 22.3 Å². The van der Waals surface area contributed by atoms with Crippen molar-refractivity contribution in [3.05, 3.63) is 72.3 Å². The van der Waals surface area contributed by atoms with E-state index in [1.807, 2.05) is 48.5 Å². The summed E-state index contributed by atoms with van der Waals surface area (Å²) in [6.45, 7) is 3.60. The second-order valence-corrected chi connectivity index (χ2v) is 6.73. The molecule has 0 aliphatic heterocycles. The molecule has 2 aromatic rings. The zero-order valence-corrected chi connectivity index (χ0v) is 15.6. The van der Waals surface area contributed by atoms with Crippen LogP contribution in [0.25, 0.3) is 11.1 Å². The van der Waals surface area contributed by atoms with Crippen molar-refractivity contribution < 1.29 is 29.3 Å². The number of fused-ring (bicyclic) bond motifs is 3. The Kier molecular flexibility index (Phi) is 6.09. The molecule has 7 nitrogen and oxygen atoms in total. The second kappa shape index (κ2) is 8.70. The van der Waals surface area contributed by atoms with Gasteiger partial charge in [-0.2, -0.15) is 0 Å². The number of ether oxygens (including phenoxy) is 1. The molecule has 2 aromatic carbocycles. The van der Waals surface area contributed by atoms with Crippen molar-refractivity contribution in [2.24, 2.45) is 0 Å². The summed E-state index contributed by atoms with van der Waals surface area (Å²) in [4.78, 5) is 34.6. The van der Waals surface area contributed by atoms with Crippen LogP contribution in [0.1, 0.15) is 23.5 Å². The molecule has 0 aromatic heterocycles. The number of esters is 1. The van der Waals surface area contributed by atoms with Crippen LogP contribution in [-0.4, -0.2) is 46.8 Å². The third-order valence-corrected chi connectivity index (χ3v) is 4.90. The maximum absolute atomic E-state index is 12.5. The minimum absolute atomic E-state index is 0.0789. The quantitative estimate of drug-likeness (QED) is 0.441. The van der Waals surface area contributed by atoms with Gasteiger partial charge in [-0.15, -0.1) is 6.58 Å². The molecule has 0 amide bonds. The molecule has 0 fully saturated rings. The van der Waals surface area contributed by atoms with E-state index in [0.717, 1.165) is 22.3 Å². The molecular weight excluding hydrogens is 374 g/mol. The van der Waals surface area contributed by atoms with Crippen LogP contribution in [0.4, 0.5) is 0 Å². The van der Waals surface area contributed by atoms with Crippen LogP contribution in [0.15, 0.2) is 61.2 Å². The largest absolute Gasteiger partial charge is 0.481 e. The van der Waals surface area contributed by atoms with Gasteiger partial charge >= 0.3 is 17.9 Å². The number of rotatable bonds is 9. The van der Waals surface area contributed by atoms with Gasteiger partial charge in [0.1, 0.15) is 18.7 Å². The number of carbonyl (C=O) groups excluding carboxylic acids is 1. The van der Waals surface area contributed by atoms with Crippen LogP contribution in [-0.2, 0) is 19.1 Å². The number of carbonyl (C=O) groups is 3. The Bertz CT molecular complexity index is 908. The van der Waals surface area contributed by atoms with Gasteiger partial charge in [-0.3, -0.25) is 19.7 Å². The van der Waals surface area contributed by atoms with E-state index in [9.17, 15) is 14.4 Å². The first kappa shape index (κ1) is 20.3. The number of hydrogen-bond acceptors (Lipinski definition) is 5.